The first-order chi connectivity index (χ1) is 14.4. The Hall–Kier alpha value is -3.40. The van der Waals surface area contributed by atoms with Gasteiger partial charge in [0, 0.05) is 27.1 Å². The molecule has 0 fully saturated rings. The van der Waals surface area contributed by atoms with Gasteiger partial charge in [-0.2, -0.15) is 0 Å². The lowest BCUT2D eigenvalue weighted by molar-refractivity contribution is 0.439. The largest absolute Gasteiger partial charge is 0.354 e. The molecule has 0 aliphatic carbocycles. The summed E-state index contributed by atoms with van der Waals surface area (Å²) in [5, 5.41) is 2.49. The van der Waals surface area contributed by atoms with Crippen molar-refractivity contribution in [2.45, 2.75) is 39.0 Å². The predicted octanol–water partition coefficient (Wildman–Crippen LogP) is 5.75. The molecule has 5 rings (SSSR count). The zero-order chi connectivity index (χ0) is 21.0. The van der Waals surface area contributed by atoms with Crippen molar-refractivity contribution in [3.63, 3.8) is 0 Å². The van der Waals surface area contributed by atoms with Crippen molar-refractivity contribution in [2.75, 3.05) is 0 Å². The molecular formula is C26H24N2O2. The lowest BCUT2D eigenvalue weighted by Crippen LogP contribution is -2.19. The standard InChI is InChI=1S/C26H24N2O2/c1-4-26(3,5-2)15-10-11-17-21(12-15)28-23-14-18-22(13-19(23)25(17)30)27-20-9-7-6-8-16(20)24(18)29/h6-14H,4-5H2,1-3H3,(H,27,29)(H,28,30). The molecule has 0 spiro atoms. The van der Waals surface area contributed by atoms with Gasteiger partial charge in [0.15, 0.2) is 10.9 Å². The van der Waals surface area contributed by atoms with Crippen LogP contribution < -0.4 is 10.9 Å². The molecular weight excluding hydrogens is 372 g/mol. The molecule has 0 saturated carbocycles. The summed E-state index contributed by atoms with van der Waals surface area (Å²) >= 11 is 0. The number of fused-ring (bicyclic) bond motifs is 4. The third-order valence-electron chi connectivity index (χ3n) is 6.88. The minimum absolute atomic E-state index is 0.0177. The second-order valence-electron chi connectivity index (χ2n) is 8.43. The van der Waals surface area contributed by atoms with E-state index in [4.69, 9.17) is 0 Å². The van der Waals surface area contributed by atoms with Crippen LogP contribution in [0.3, 0.4) is 0 Å². The maximum absolute atomic E-state index is 13.3. The lowest BCUT2D eigenvalue weighted by Gasteiger charge is -2.27. The molecule has 2 heterocycles. The van der Waals surface area contributed by atoms with Crippen LogP contribution in [0.1, 0.15) is 39.2 Å². The summed E-state index contributed by atoms with van der Waals surface area (Å²) in [5.41, 5.74) is 4.20. The zero-order valence-electron chi connectivity index (χ0n) is 17.4. The molecule has 2 N–H and O–H groups in total. The van der Waals surface area contributed by atoms with Crippen LogP contribution in [0.4, 0.5) is 0 Å². The highest BCUT2D eigenvalue weighted by Crippen LogP contribution is 2.32. The average molecular weight is 396 g/mol. The Labute approximate surface area is 173 Å². The summed E-state index contributed by atoms with van der Waals surface area (Å²) in [4.78, 5) is 33.0. The van der Waals surface area contributed by atoms with E-state index in [0.717, 1.165) is 23.9 Å². The lowest BCUT2D eigenvalue weighted by atomic mass is 9.77. The molecule has 150 valence electrons. The average Bonchev–Trinajstić information content (AvgIpc) is 2.78. The number of rotatable bonds is 3. The molecule has 0 aliphatic heterocycles. The van der Waals surface area contributed by atoms with E-state index in [1.807, 2.05) is 36.4 Å². The summed E-state index contributed by atoms with van der Waals surface area (Å²) < 4.78 is 0. The Balaban J connectivity index is 1.86. The molecule has 0 aliphatic rings. The van der Waals surface area contributed by atoms with Gasteiger partial charge >= 0.3 is 0 Å². The molecule has 0 radical (unpaired) electrons. The number of hydrogen-bond acceptors (Lipinski definition) is 2. The van der Waals surface area contributed by atoms with Crippen molar-refractivity contribution in [1.82, 2.24) is 9.97 Å². The Morgan fingerprint density at radius 2 is 1.20 bits per heavy atom. The quantitative estimate of drug-likeness (QED) is 0.381. The molecule has 30 heavy (non-hydrogen) atoms. The smallest absolute Gasteiger partial charge is 0.197 e. The Kier molecular flexibility index (Phi) is 4.07. The van der Waals surface area contributed by atoms with Crippen LogP contribution >= 0.6 is 0 Å². The summed E-state index contributed by atoms with van der Waals surface area (Å²) in [7, 11) is 0. The fourth-order valence-corrected chi connectivity index (χ4v) is 4.43. The monoisotopic (exact) mass is 396 g/mol. The third kappa shape index (κ3) is 2.60. The molecule has 0 atom stereocenters. The molecule has 0 bridgehead atoms. The number of hydrogen-bond donors (Lipinski definition) is 2. The molecule has 5 aromatic rings. The van der Waals surface area contributed by atoms with Crippen molar-refractivity contribution >= 4 is 43.6 Å². The van der Waals surface area contributed by atoms with E-state index < -0.39 is 0 Å². The van der Waals surface area contributed by atoms with E-state index in [9.17, 15) is 9.59 Å². The number of aromatic amines is 2. The van der Waals surface area contributed by atoms with Gasteiger partial charge < -0.3 is 9.97 Å². The van der Waals surface area contributed by atoms with Gasteiger partial charge in [-0.1, -0.05) is 39.0 Å². The van der Waals surface area contributed by atoms with E-state index in [1.54, 1.807) is 6.07 Å². The first kappa shape index (κ1) is 18.6. The molecule has 0 saturated heterocycles. The molecule has 4 heteroatoms. The van der Waals surface area contributed by atoms with E-state index in [1.165, 1.54) is 5.56 Å². The van der Waals surface area contributed by atoms with Gasteiger partial charge in [0.2, 0.25) is 0 Å². The van der Waals surface area contributed by atoms with Crippen molar-refractivity contribution in [1.29, 1.82) is 0 Å². The van der Waals surface area contributed by atoms with Gasteiger partial charge in [0.1, 0.15) is 0 Å². The highest BCUT2D eigenvalue weighted by Gasteiger charge is 2.23. The van der Waals surface area contributed by atoms with E-state index in [2.05, 4.69) is 42.9 Å². The van der Waals surface area contributed by atoms with Gasteiger partial charge in [0.05, 0.1) is 16.6 Å². The Bertz CT molecular complexity index is 1570. The maximum Gasteiger partial charge on any atom is 0.197 e. The normalized spacial score (nSPS) is 12.4. The van der Waals surface area contributed by atoms with Gasteiger partial charge in [0.25, 0.3) is 0 Å². The van der Waals surface area contributed by atoms with Gasteiger partial charge in [-0.25, -0.2) is 0 Å². The second kappa shape index (κ2) is 6.56. The Morgan fingerprint density at radius 3 is 1.83 bits per heavy atom. The highest BCUT2D eigenvalue weighted by atomic mass is 16.1. The van der Waals surface area contributed by atoms with Crippen molar-refractivity contribution in [3.8, 4) is 0 Å². The van der Waals surface area contributed by atoms with Crippen LogP contribution in [-0.2, 0) is 5.41 Å². The van der Waals surface area contributed by atoms with Crippen LogP contribution in [0.15, 0.2) is 64.2 Å². The number of aromatic nitrogens is 2. The number of pyridine rings is 2. The number of para-hydroxylation sites is 1. The first-order valence-electron chi connectivity index (χ1n) is 10.5. The van der Waals surface area contributed by atoms with Crippen LogP contribution in [0.5, 0.6) is 0 Å². The van der Waals surface area contributed by atoms with Crippen LogP contribution in [0.2, 0.25) is 0 Å². The van der Waals surface area contributed by atoms with E-state index in [0.29, 0.717) is 32.6 Å². The molecule has 3 aromatic carbocycles. The summed E-state index contributed by atoms with van der Waals surface area (Å²) in [5.74, 6) is 0. The predicted molar refractivity (Wildman–Crippen MR) is 126 cm³/mol. The maximum atomic E-state index is 13.3. The van der Waals surface area contributed by atoms with Crippen LogP contribution in [0.25, 0.3) is 43.6 Å². The summed E-state index contributed by atoms with van der Waals surface area (Å²) in [6, 6.07) is 17.2. The van der Waals surface area contributed by atoms with Crippen LogP contribution in [0, 0.1) is 0 Å². The Morgan fingerprint density at radius 1 is 0.667 bits per heavy atom. The SMILES string of the molecule is CCC(C)(CC)c1ccc2c(=O)c3cc4[nH]c5ccccc5c(=O)c4cc3[nH]c2c1. The third-order valence-corrected chi connectivity index (χ3v) is 6.88. The fourth-order valence-electron chi connectivity index (χ4n) is 4.43. The van der Waals surface area contributed by atoms with Gasteiger partial charge in [-0.15, -0.1) is 0 Å². The summed E-state index contributed by atoms with van der Waals surface area (Å²) in [6.07, 6.45) is 2.06. The van der Waals surface area contributed by atoms with Gasteiger partial charge in [-0.3, -0.25) is 9.59 Å². The topological polar surface area (TPSA) is 65.7 Å². The molecule has 0 amide bonds. The minimum Gasteiger partial charge on any atom is -0.354 e. The minimum atomic E-state index is -0.0273. The second-order valence-corrected chi connectivity index (χ2v) is 8.43. The van der Waals surface area contributed by atoms with E-state index in [-0.39, 0.29) is 16.3 Å². The zero-order valence-corrected chi connectivity index (χ0v) is 17.4. The number of nitrogens with one attached hydrogen (secondary N) is 2. The van der Waals surface area contributed by atoms with E-state index >= 15 is 0 Å². The van der Waals surface area contributed by atoms with Crippen molar-refractivity contribution in [2.24, 2.45) is 0 Å². The van der Waals surface area contributed by atoms with Crippen molar-refractivity contribution < 1.29 is 0 Å². The first-order valence-corrected chi connectivity index (χ1v) is 10.5. The van der Waals surface area contributed by atoms with Crippen LogP contribution in [-0.4, -0.2) is 9.97 Å². The molecule has 0 unspecified atom stereocenters. The highest BCUT2D eigenvalue weighted by molar-refractivity contribution is 6.02. The van der Waals surface area contributed by atoms with Gasteiger partial charge in [-0.05, 0) is 60.2 Å². The molecule has 2 aromatic heterocycles. The number of benzene rings is 3. The number of H-pyrrole nitrogens is 2. The van der Waals surface area contributed by atoms with Crippen molar-refractivity contribution in [3.05, 3.63) is 80.6 Å². The summed E-state index contributed by atoms with van der Waals surface area (Å²) in [6.45, 7) is 6.64. The fraction of sp³-hybridized carbons (Fsp3) is 0.231. The molecule has 4 nitrogen and oxygen atoms in total.